The number of aromatic hydroxyl groups is 1. The molecule has 182 valence electrons. The minimum absolute atomic E-state index is 0.0538. The molecule has 0 unspecified atom stereocenters. The van der Waals surface area contributed by atoms with Gasteiger partial charge in [-0.2, -0.15) is 5.10 Å². The Kier molecular flexibility index (Phi) is 7.50. The zero-order valence-electron chi connectivity index (χ0n) is 20.1. The second-order valence-corrected chi connectivity index (χ2v) is 7.81. The molecule has 3 aromatic rings. The molecule has 1 aromatic carbocycles. The molecule has 3 N–H and O–H groups in total. The summed E-state index contributed by atoms with van der Waals surface area (Å²) in [5.41, 5.74) is 2.18. The summed E-state index contributed by atoms with van der Waals surface area (Å²) in [4.78, 5) is 25.8. The second kappa shape index (κ2) is 10.3. The molecular formula is C24H29N3O7. The van der Waals surface area contributed by atoms with Crippen LogP contribution in [0.1, 0.15) is 46.2 Å². The Morgan fingerprint density at radius 3 is 2.41 bits per heavy atom. The highest BCUT2D eigenvalue weighted by Crippen LogP contribution is 2.45. The van der Waals surface area contributed by atoms with Crippen LogP contribution in [-0.2, 0) is 11.3 Å². The summed E-state index contributed by atoms with van der Waals surface area (Å²) >= 11 is 0. The number of H-pyrrole nitrogens is 1. The van der Waals surface area contributed by atoms with E-state index < -0.39 is 11.5 Å². The van der Waals surface area contributed by atoms with Gasteiger partial charge in [-0.1, -0.05) is 6.07 Å². The first-order valence-electron chi connectivity index (χ1n) is 10.6. The van der Waals surface area contributed by atoms with E-state index in [1.807, 2.05) is 13.8 Å². The molecule has 0 saturated carbocycles. The maximum Gasteiger partial charge on any atom is 0.343 e. The number of carbonyl (C=O) groups is 1. The van der Waals surface area contributed by atoms with Crippen molar-refractivity contribution in [3.05, 3.63) is 62.5 Å². The van der Waals surface area contributed by atoms with E-state index in [-0.39, 0.29) is 41.7 Å². The van der Waals surface area contributed by atoms with Crippen LogP contribution >= 0.6 is 0 Å². The van der Waals surface area contributed by atoms with Crippen molar-refractivity contribution in [2.24, 2.45) is 0 Å². The zero-order valence-corrected chi connectivity index (χ0v) is 20.1. The second-order valence-electron chi connectivity index (χ2n) is 7.81. The normalized spacial score (nSPS) is 11.7. The topological polar surface area (TPSA) is 136 Å². The summed E-state index contributed by atoms with van der Waals surface area (Å²) in [6.07, 6.45) is -0.164. The fourth-order valence-electron chi connectivity index (χ4n) is 3.97. The predicted octanol–water partition coefficient (Wildman–Crippen LogP) is 2.86. The molecule has 1 atom stereocenters. The number of hydrogen-bond acceptors (Lipinski definition) is 8. The van der Waals surface area contributed by atoms with Gasteiger partial charge >= 0.3 is 5.63 Å². The van der Waals surface area contributed by atoms with Crippen LogP contribution in [0.4, 0.5) is 0 Å². The SMILES string of the molecule is COc1ccc([C@@H](CC(=O)NCc2c(C)n[nH]c2C)c2c(O)cc(C)oc2=O)c(OC)c1OC. The van der Waals surface area contributed by atoms with Crippen LogP contribution in [0.15, 0.2) is 27.4 Å². The molecule has 3 rings (SSSR count). The van der Waals surface area contributed by atoms with E-state index in [2.05, 4.69) is 15.5 Å². The largest absolute Gasteiger partial charge is 0.507 e. The summed E-state index contributed by atoms with van der Waals surface area (Å²) in [6, 6.07) is 4.65. The highest BCUT2D eigenvalue weighted by atomic mass is 16.5. The average Bonchev–Trinajstić information content (AvgIpc) is 3.12. The molecule has 0 aliphatic rings. The van der Waals surface area contributed by atoms with Crippen molar-refractivity contribution in [1.29, 1.82) is 0 Å². The van der Waals surface area contributed by atoms with E-state index in [1.165, 1.54) is 27.4 Å². The fraction of sp³-hybridized carbons (Fsp3) is 0.375. The lowest BCUT2D eigenvalue weighted by Crippen LogP contribution is -2.27. The standard InChI is InChI=1S/C24H29N3O7/c1-12-9-18(28)21(24(30)34-12)16(10-20(29)25-11-17-13(2)26-27-14(17)3)15-7-8-19(31-4)23(33-6)22(15)32-5/h7-9,16,28H,10-11H2,1-6H3,(H,25,29)(H,26,27)/t16-/m1/s1. The van der Waals surface area contributed by atoms with Crippen LogP contribution in [0.3, 0.4) is 0 Å². The Labute approximate surface area is 196 Å². The maximum absolute atomic E-state index is 13.0. The molecular weight excluding hydrogens is 442 g/mol. The van der Waals surface area contributed by atoms with Crippen LogP contribution in [-0.4, -0.2) is 42.5 Å². The van der Waals surface area contributed by atoms with Crippen LogP contribution in [0, 0.1) is 20.8 Å². The number of benzene rings is 1. The van der Waals surface area contributed by atoms with E-state index in [9.17, 15) is 14.7 Å². The number of aryl methyl sites for hydroxylation is 3. The van der Waals surface area contributed by atoms with Crippen LogP contribution in [0.5, 0.6) is 23.0 Å². The summed E-state index contributed by atoms with van der Waals surface area (Å²) in [5.74, 6) is -0.268. The third kappa shape index (κ3) is 4.85. The molecule has 10 heteroatoms. The molecule has 10 nitrogen and oxygen atoms in total. The van der Waals surface area contributed by atoms with E-state index in [0.717, 1.165) is 17.0 Å². The highest BCUT2D eigenvalue weighted by Gasteiger charge is 2.30. The quantitative estimate of drug-likeness (QED) is 0.433. The maximum atomic E-state index is 13.0. The summed E-state index contributed by atoms with van der Waals surface area (Å²) in [5, 5.41) is 20.5. The Balaban J connectivity index is 2.06. The van der Waals surface area contributed by atoms with Gasteiger partial charge in [-0.3, -0.25) is 9.89 Å². The Morgan fingerprint density at radius 2 is 1.85 bits per heavy atom. The molecule has 0 bridgehead atoms. The summed E-state index contributed by atoms with van der Waals surface area (Å²) in [6.45, 7) is 5.53. The fourth-order valence-corrected chi connectivity index (χ4v) is 3.97. The number of ether oxygens (including phenoxy) is 3. The first-order valence-corrected chi connectivity index (χ1v) is 10.6. The molecule has 0 spiro atoms. The molecule has 2 heterocycles. The molecule has 2 aromatic heterocycles. The minimum atomic E-state index is -0.891. The summed E-state index contributed by atoms with van der Waals surface area (Å²) < 4.78 is 21.6. The lowest BCUT2D eigenvalue weighted by atomic mass is 9.87. The number of hydrogen-bond donors (Lipinski definition) is 3. The average molecular weight is 472 g/mol. The number of aromatic amines is 1. The van der Waals surface area contributed by atoms with E-state index >= 15 is 0 Å². The molecule has 0 fully saturated rings. The van der Waals surface area contributed by atoms with Gasteiger partial charge in [0, 0.05) is 41.8 Å². The first-order chi connectivity index (χ1) is 16.2. The van der Waals surface area contributed by atoms with E-state index in [4.69, 9.17) is 18.6 Å². The van der Waals surface area contributed by atoms with Gasteiger partial charge in [0.25, 0.3) is 0 Å². The number of carbonyl (C=O) groups excluding carboxylic acids is 1. The Morgan fingerprint density at radius 1 is 1.15 bits per heavy atom. The third-order valence-electron chi connectivity index (χ3n) is 5.68. The molecule has 1 amide bonds. The van der Waals surface area contributed by atoms with Crippen molar-refractivity contribution in [2.75, 3.05) is 21.3 Å². The number of nitrogens with zero attached hydrogens (tertiary/aromatic N) is 1. The van der Waals surface area contributed by atoms with Gasteiger partial charge in [0.15, 0.2) is 11.5 Å². The third-order valence-corrected chi connectivity index (χ3v) is 5.68. The smallest absolute Gasteiger partial charge is 0.343 e. The minimum Gasteiger partial charge on any atom is -0.507 e. The van der Waals surface area contributed by atoms with Crippen molar-refractivity contribution in [3.63, 3.8) is 0 Å². The highest BCUT2D eigenvalue weighted by molar-refractivity contribution is 5.78. The van der Waals surface area contributed by atoms with Crippen molar-refractivity contribution in [2.45, 2.75) is 39.7 Å². The van der Waals surface area contributed by atoms with Crippen molar-refractivity contribution < 1.29 is 28.5 Å². The van der Waals surface area contributed by atoms with Crippen molar-refractivity contribution in [3.8, 4) is 23.0 Å². The lowest BCUT2D eigenvalue weighted by molar-refractivity contribution is -0.121. The number of amides is 1. The first kappa shape index (κ1) is 24.7. The summed E-state index contributed by atoms with van der Waals surface area (Å²) in [7, 11) is 4.39. The molecule has 0 radical (unpaired) electrons. The van der Waals surface area contributed by atoms with E-state index in [1.54, 1.807) is 19.1 Å². The van der Waals surface area contributed by atoms with Crippen LogP contribution in [0.2, 0.25) is 0 Å². The van der Waals surface area contributed by atoms with Gasteiger partial charge in [0.2, 0.25) is 11.7 Å². The van der Waals surface area contributed by atoms with E-state index in [0.29, 0.717) is 17.1 Å². The molecule has 0 aliphatic heterocycles. The van der Waals surface area contributed by atoms with Gasteiger partial charge in [-0.25, -0.2) is 4.79 Å². The Hall–Kier alpha value is -3.95. The van der Waals surface area contributed by atoms with Gasteiger partial charge < -0.3 is 29.1 Å². The van der Waals surface area contributed by atoms with Crippen LogP contribution in [0.25, 0.3) is 0 Å². The predicted molar refractivity (Wildman–Crippen MR) is 124 cm³/mol. The molecule has 34 heavy (non-hydrogen) atoms. The van der Waals surface area contributed by atoms with Gasteiger partial charge in [-0.15, -0.1) is 0 Å². The zero-order chi connectivity index (χ0) is 25.0. The van der Waals surface area contributed by atoms with Crippen molar-refractivity contribution in [1.82, 2.24) is 15.5 Å². The number of rotatable bonds is 9. The number of methoxy groups -OCH3 is 3. The number of nitrogens with one attached hydrogen (secondary N) is 2. The monoisotopic (exact) mass is 471 g/mol. The number of aromatic nitrogens is 2. The molecule has 0 saturated heterocycles. The molecule has 0 aliphatic carbocycles. The Bertz CT molecular complexity index is 1230. The van der Waals surface area contributed by atoms with Crippen LogP contribution < -0.4 is 25.2 Å². The lowest BCUT2D eigenvalue weighted by Gasteiger charge is -2.22. The van der Waals surface area contributed by atoms with Gasteiger partial charge in [-0.05, 0) is 26.8 Å². The van der Waals surface area contributed by atoms with Gasteiger partial charge in [0.05, 0.1) is 32.6 Å². The van der Waals surface area contributed by atoms with Crippen molar-refractivity contribution >= 4 is 5.91 Å². The van der Waals surface area contributed by atoms with Gasteiger partial charge in [0.1, 0.15) is 11.5 Å².